The highest BCUT2D eigenvalue weighted by atomic mass is 16.5. The van der Waals surface area contributed by atoms with Gasteiger partial charge in [-0.15, -0.1) is 0 Å². The zero-order valence-corrected chi connectivity index (χ0v) is 9.29. The molecule has 0 aromatic heterocycles. The third kappa shape index (κ3) is 1.98. The van der Waals surface area contributed by atoms with Crippen molar-refractivity contribution in [2.75, 3.05) is 6.61 Å². The molecule has 0 bridgehead atoms. The van der Waals surface area contributed by atoms with Gasteiger partial charge in [-0.25, -0.2) is 4.79 Å². The molecule has 0 fully saturated rings. The van der Waals surface area contributed by atoms with E-state index >= 15 is 0 Å². The van der Waals surface area contributed by atoms with E-state index in [2.05, 4.69) is 0 Å². The normalized spacial score (nSPS) is 14.4. The Bertz CT molecular complexity index is 435. The van der Waals surface area contributed by atoms with Gasteiger partial charge < -0.3 is 4.74 Å². The first-order chi connectivity index (χ1) is 7.72. The average molecular weight is 218 g/mol. The van der Waals surface area contributed by atoms with Gasteiger partial charge in [-0.1, -0.05) is 12.1 Å². The molecule has 3 heteroatoms. The van der Waals surface area contributed by atoms with Crippen molar-refractivity contribution in [3.63, 3.8) is 0 Å². The third-order valence-electron chi connectivity index (χ3n) is 2.81. The van der Waals surface area contributed by atoms with Crippen LogP contribution in [0.1, 0.15) is 34.8 Å². The molecule has 1 aliphatic carbocycles. The van der Waals surface area contributed by atoms with E-state index in [-0.39, 0.29) is 11.8 Å². The Kier molecular flexibility index (Phi) is 3.04. The van der Waals surface area contributed by atoms with E-state index < -0.39 is 0 Å². The number of esters is 1. The number of ether oxygens (including phenoxy) is 1. The van der Waals surface area contributed by atoms with Gasteiger partial charge in [0.2, 0.25) is 0 Å². The van der Waals surface area contributed by atoms with Crippen LogP contribution in [0, 0.1) is 0 Å². The minimum absolute atomic E-state index is 0.244. The summed E-state index contributed by atoms with van der Waals surface area (Å²) in [4.78, 5) is 23.0. The van der Waals surface area contributed by atoms with Crippen LogP contribution in [0.25, 0.3) is 0 Å². The maximum Gasteiger partial charge on any atom is 0.338 e. The van der Waals surface area contributed by atoms with E-state index in [4.69, 9.17) is 4.74 Å². The molecular weight excluding hydrogens is 204 g/mol. The van der Waals surface area contributed by atoms with Crippen LogP contribution in [0.15, 0.2) is 18.2 Å². The molecule has 0 saturated heterocycles. The largest absolute Gasteiger partial charge is 0.462 e. The Hall–Kier alpha value is -1.64. The highest BCUT2D eigenvalue weighted by molar-refractivity contribution is 5.93. The van der Waals surface area contributed by atoms with Crippen molar-refractivity contribution in [1.82, 2.24) is 0 Å². The average Bonchev–Trinajstić information content (AvgIpc) is 2.28. The smallest absolute Gasteiger partial charge is 0.338 e. The lowest BCUT2D eigenvalue weighted by molar-refractivity contribution is -0.118. The summed E-state index contributed by atoms with van der Waals surface area (Å²) < 4.78 is 5.00. The number of benzene rings is 1. The van der Waals surface area contributed by atoms with Gasteiger partial charge in [0.05, 0.1) is 12.2 Å². The summed E-state index contributed by atoms with van der Waals surface area (Å²) in [6.07, 6.45) is 1.63. The van der Waals surface area contributed by atoms with Gasteiger partial charge in [0, 0.05) is 12.8 Å². The van der Waals surface area contributed by atoms with Crippen LogP contribution in [0.2, 0.25) is 0 Å². The Morgan fingerprint density at radius 1 is 1.38 bits per heavy atom. The summed E-state index contributed by atoms with van der Waals surface area (Å²) in [5.41, 5.74) is 2.58. The van der Waals surface area contributed by atoms with E-state index in [1.165, 1.54) is 0 Å². The number of hydrogen-bond donors (Lipinski definition) is 0. The molecule has 0 amide bonds. The van der Waals surface area contributed by atoms with Gasteiger partial charge in [-0.3, -0.25) is 4.79 Å². The highest BCUT2D eigenvalue weighted by Gasteiger charge is 2.21. The molecule has 0 N–H and O–H groups in total. The van der Waals surface area contributed by atoms with Crippen molar-refractivity contribution in [3.05, 3.63) is 34.9 Å². The summed E-state index contributed by atoms with van der Waals surface area (Å²) in [5, 5.41) is 0. The summed E-state index contributed by atoms with van der Waals surface area (Å²) in [6.45, 7) is 2.16. The molecule has 0 radical (unpaired) electrons. The van der Waals surface area contributed by atoms with Gasteiger partial charge in [0.25, 0.3) is 0 Å². The van der Waals surface area contributed by atoms with E-state index in [0.717, 1.165) is 11.1 Å². The summed E-state index contributed by atoms with van der Waals surface area (Å²) in [6, 6.07) is 5.49. The fraction of sp³-hybridized carbons (Fsp3) is 0.385. The molecular formula is C13H14O3. The first-order valence-electron chi connectivity index (χ1n) is 5.52. The standard InChI is InChI=1S/C13H14O3/c1-2-16-13(15)12-5-3-4-9-8-10(14)6-7-11(9)12/h3-5H,2,6-8H2,1H3. The topological polar surface area (TPSA) is 43.4 Å². The maximum absolute atomic E-state index is 11.7. The molecule has 16 heavy (non-hydrogen) atoms. The molecule has 0 atom stereocenters. The molecule has 2 rings (SSSR count). The monoisotopic (exact) mass is 218 g/mol. The molecule has 1 aromatic carbocycles. The number of hydrogen-bond acceptors (Lipinski definition) is 3. The highest BCUT2D eigenvalue weighted by Crippen LogP contribution is 2.23. The van der Waals surface area contributed by atoms with E-state index in [1.54, 1.807) is 13.0 Å². The molecule has 1 aromatic rings. The number of ketones is 1. The van der Waals surface area contributed by atoms with Crippen molar-refractivity contribution in [3.8, 4) is 0 Å². The van der Waals surface area contributed by atoms with Crippen molar-refractivity contribution in [1.29, 1.82) is 0 Å². The SMILES string of the molecule is CCOC(=O)c1cccc2c1CCC(=O)C2. The first kappa shape index (κ1) is 10.9. The molecule has 0 saturated carbocycles. The molecule has 0 spiro atoms. The van der Waals surface area contributed by atoms with Crippen LogP contribution in [0.4, 0.5) is 0 Å². The lowest BCUT2D eigenvalue weighted by atomic mass is 9.87. The summed E-state index contributed by atoms with van der Waals surface area (Å²) in [7, 11) is 0. The van der Waals surface area contributed by atoms with Gasteiger partial charge in [0.1, 0.15) is 5.78 Å². The number of fused-ring (bicyclic) bond motifs is 1. The van der Waals surface area contributed by atoms with Gasteiger partial charge in [-0.05, 0) is 30.5 Å². The lowest BCUT2D eigenvalue weighted by Crippen LogP contribution is -2.17. The minimum atomic E-state index is -0.284. The van der Waals surface area contributed by atoms with Crippen LogP contribution in [-0.2, 0) is 22.4 Å². The molecule has 0 heterocycles. The fourth-order valence-electron chi connectivity index (χ4n) is 2.06. The molecule has 0 unspecified atom stereocenters. The molecule has 0 aliphatic heterocycles. The summed E-state index contributed by atoms with van der Waals surface area (Å²) in [5.74, 6) is -0.0396. The van der Waals surface area contributed by atoms with Crippen LogP contribution in [0.5, 0.6) is 0 Å². The van der Waals surface area contributed by atoms with Crippen LogP contribution >= 0.6 is 0 Å². The second-order valence-electron chi connectivity index (χ2n) is 3.88. The van der Waals surface area contributed by atoms with Crippen LogP contribution in [-0.4, -0.2) is 18.4 Å². The summed E-state index contributed by atoms with van der Waals surface area (Å²) >= 11 is 0. The predicted molar refractivity (Wildman–Crippen MR) is 59.4 cm³/mol. The van der Waals surface area contributed by atoms with Crippen molar-refractivity contribution < 1.29 is 14.3 Å². The van der Waals surface area contributed by atoms with Gasteiger partial charge in [0.15, 0.2) is 0 Å². The number of Topliss-reactive ketones (excluding diaryl/α,β-unsaturated/α-hetero) is 1. The predicted octanol–water partition coefficient (Wildman–Crippen LogP) is 1.92. The molecule has 3 nitrogen and oxygen atoms in total. The Labute approximate surface area is 94.4 Å². The van der Waals surface area contributed by atoms with Crippen molar-refractivity contribution in [2.45, 2.75) is 26.2 Å². The minimum Gasteiger partial charge on any atom is -0.462 e. The third-order valence-corrected chi connectivity index (χ3v) is 2.81. The maximum atomic E-state index is 11.7. The quantitative estimate of drug-likeness (QED) is 0.712. The molecule has 84 valence electrons. The van der Waals surface area contributed by atoms with E-state index in [1.807, 2.05) is 12.1 Å². The lowest BCUT2D eigenvalue weighted by Gasteiger charge is -2.17. The molecule has 1 aliphatic rings. The van der Waals surface area contributed by atoms with E-state index in [0.29, 0.717) is 31.4 Å². The zero-order valence-electron chi connectivity index (χ0n) is 9.29. The Morgan fingerprint density at radius 2 is 2.19 bits per heavy atom. The number of carbonyl (C=O) groups excluding carboxylic acids is 2. The van der Waals surface area contributed by atoms with Crippen LogP contribution in [0.3, 0.4) is 0 Å². The second-order valence-corrected chi connectivity index (χ2v) is 3.88. The van der Waals surface area contributed by atoms with Gasteiger partial charge >= 0.3 is 5.97 Å². The van der Waals surface area contributed by atoms with Crippen molar-refractivity contribution in [2.24, 2.45) is 0 Å². The Balaban J connectivity index is 2.37. The first-order valence-corrected chi connectivity index (χ1v) is 5.52. The zero-order chi connectivity index (χ0) is 11.5. The van der Waals surface area contributed by atoms with E-state index in [9.17, 15) is 9.59 Å². The van der Waals surface area contributed by atoms with Crippen molar-refractivity contribution >= 4 is 11.8 Å². The Morgan fingerprint density at radius 3 is 2.94 bits per heavy atom. The number of carbonyl (C=O) groups is 2. The second kappa shape index (κ2) is 4.47. The number of rotatable bonds is 2. The fourth-order valence-corrected chi connectivity index (χ4v) is 2.06. The van der Waals surface area contributed by atoms with Gasteiger partial charge in [-0.2, -0.15) is 0 Å². The van der Waals surface area contributed by atoms with Crippen LogP contribution < -0.4 is 0 Å².